The van der Waals surface area contributed by atoms with E-state index in [4.69, 9.17) is 14.2 Å². The Morgan fingerprint density at radius 2 is 0.641 bits per heavy atom. The molecule has 0 aliphatic heterocycles. The number of unbranched alkanes of at least 4 members (excludes halogenated alkanes) is 22. The van der Waals surface area contributed by atoms with Crippen LogP contribution in [0.4, 0.5) is 0 Å². The van der Waals surface area contributed by atoms with Crippen LogP contribution in [0.2, 0.25) is 0 Å². The normalized spacial score (nSPS) is 12.7. The second kappa shape index (κ2) is 52.2. The molecule has 0 spiro atoms. The van der Waals surface area contributed by atoms with Crippen molar-refractivity contribution >= 4 is 17.9 Å². The molecule has 366 valence electrons. The maximum absolute atomic E-state index is 12.8. The van der Waals surface area contributed by atoms with Gasteiger partial charge in [-0.2, -0.15) is 0 Å². The minimum Gasteiger partial charge on any atom is -0.462 e. The van der Waals surface area contributed by atoms with E-state index in [1.165, 1.54) is 109 Å². The zero-order valence-electron chi connectivity index (χ0n) is 41.8. The van der Waals surface area contributed by atoms with Gasteiger partial charge in [0.2, 0.25) is 0 Å². The first kappa shape index (κ1) is 60.6. The van der Waals surface area contributed by atoms with Gasteiger partial charge in [0.05, 0.1) is 0 Å². The molecule has 0 saturated carbocycles. The highest BCUT2D eigenvalue weighted by molar-refractivity contribution is 5.71. The van der Waals surface area contributed by atoms with E-state index in [9.17, 15) is 14.4 Å². The average Bonchev–Trinajstić information content (AvgIpc) is 3.29. The molecular weight excluding hydrogens is 793 g/mol. The lowest BCUT2D eigenvalue weighted by Gasteiger charge is -2.18. The van der Waals surface area contributed by atoms with Crippen molar-refractivity contribution in [1.29, 1.82) is 0 Å². The molecule has 0 heterocycles. The first-order chi connectivity index (χ1) is 31.5. The second-order valence-corrected chi connectivity index (χ2v) is 17.4. The Labute approximate surface area is 395 Å². The zero-order chi connectivity index (χ0) is 46.5. The Balaban J connectivity index is 4.50. The Hall–Kier alpha value is -3.41. The first-order valence-corrected chi connectivity index (χ1v) is 26.6. The van der Waals surface area contributed by atoms with E-state index in [1.807, 2.05) is 6.08 Å². The van der Waals surface area contributed by atoms with Crippen LogP contribution in [0.5, 0.6) is 0 Å². The van der Waals surface area contributed by atoms with Crippen LogP contribution < -0.4 is 0 Å². The monoisotopic (exact) mass is 891 g/mol. The molecule has 0 aromatic rings. The molecule has 1 atom stereocenters. The van der Waals surface area contributed by atoms with Gasteiger partial charge in [0, 0.05) is 19.3 Å². The molecule has 6 heteroatoms. The SMILES string of the molecule is CC/C=C\C/C=C\C/C=C\C/C=C\C/C=C\C/C=C\CCC(=O)OCC(COC(=O)CCCCCCCCCCCCCCC)OC(=O)CCCCCCC/C=C\CCCCCCC. The molecule has 0 aromatic heterocycles. The Bertz CT molecular complexity index is 1250. The molecule has 0 saturated heterocycles. The molecule has 0 radical (unpaired) electrons. The number of hydrogen-bond donors (Lipinski definition) is 0. The maximum Gasteiger partial charge on any atom is 0.306 e. The average molecular weight is 891 g/mol. The van der Waals surface area contributed by atoms with Crippen LogP contribution >= 0.6 is 0 Å². The fraction of sp³-hybridized carbons (Fsp3) is 0.707. The van der Waals surface area contributed by atoms with E-state index in [1.54, 1.807) is 0 Å². The van der Waals surface area contributed by atoms with Crippen LogP contribution in [0.1, 0.15) is 245 Å². The molecule has 0 amide bonds. The van der Waals surface area contributed by atoms with Gasteiger partial charge in [0.25, 0.3) is 0 Å². The van der Waals surface area contributed by atoms with Crippen molar-refractivity contribution in [3.8, 4) is 0 Å². The number of rotatable bonds is 47. The standard InChI is InChI=1S/C58H98O6/c1-4-7-10-13-16-19-22-25-27-28-29-30-31-34-36-39-42-45-48-51-57(60)63-54-55(53-62-56(59)50-47-44-41-38-35-32-24-21-18-15-12-9-6-3)64-58(61)52-49-46-43-40-37-33-26-23-20-17-14-11-8-5-2/h7,10,16,19,23,25-27,29-30,34,36,42,45,55H,4-6,8-9,11-15,17-18,20-22,24,28,31-33,35,37-41,43-44,46-54H2,1-3H3/b10-7-,19-16-,26-23-,27-25-,30-29-,36-34-,45-42-. The minimum atomic E-state index is -0.809. The van der Waals surface area contributed by atoms with Gasteiger partial charge >= 0.3 is 17.9 Å². The van der Waals surface area contributed by atoms with Gasteiger partial charge in [0.1, 0.15) is 13.2 Å². The van der Waals surface area contributed by atoms with Gasteiger partial charge in [-0.25, -0.2) is 0 Å². The van der Waals surface area contributed by atoms with E-state index in [-0.39, 0.29) is 37.5 Å². The predicted octanol–water partition coefficient (Wildman–Crippen LogP) is 17.6. The lowest BCUT2D eigenvalue weighted by molar-refractivity contribution is -0.166. The molecule has 0 bridgehead atoms. The number of ether oxygens (including phenoxy) is 3. The summed E-state index contributed by atoms with van der Waals surface area (Å²) in [5.41, 5.74) is 0. The molecule has 0 N–H and O–H groups in total. The van der Waals surface area contributed by atoms with Crippen LogP contribution in [-0.4, -0.2) is 37.2 Å². The summed E-state index contributed by atoms with van der Waals surface area (Å²) in [5.74, 6) is -0.996. The molecule has 6 nitrogen and oxygen atoms in total. The third kappa shape index (κ3) is 49.6. The van der Waals surface area contributed by atoms with Crippen molar-refractivity contribution in [2.45, 2.75) is 252 Å². The third-order valence-electron chi connectivity index (χ3n) is 11.1. The zero-order valence-corrected chi connectivity index (χ0v) is 41.8. The molecular formula is C58H98O6. The van der Waals surface area contributed by atoms with E-state index in [2.05, 4.69) is 99.8 Å². The summed E-state index contributed by atoms with van der Waals surface area (Å²) < 4.78 is 16.7. The Morgan fingerprint density at radius 3 is 1.05 bits per heavy atom. The van der Waals surface area contributed by atoms with Crippen LogP contribution in [0.3, 0.4) is 0 Å². The topological polar surface area (TPSA) is 78.9 Å². The van der Waals surface area contributed by atoms with Crippen molar-refractivity contribution < 1.29 is 28.6 Å². The van der Waals surface area contributed by atoms with Gasteiger partial charge in [0.15, 0.2) is 6.10 Å². The smallest absolute Gasteiger partial charge is 0.306 e. The maximum atomic E-state index is 12.8. The van der Waals surface area contributed by atoms with E-state index in [0.717, 1.165) is 89.9 Å². The van der Waals surface area contributed by atoms with E-state index in [0.29, 0.717) is 19.3 Å². The molecule has 0 aromatic carbocycles. The molecule has 0 aliphatic carbocycles. The lowest BCUT2D eigenvalue weighted by Crippen LogP contribution is -2.30. The molecule has 0 rings (SSSR count). The molecule has 64 heavy (non-hydrogen) atoms. The molecule has 0 aliphatic rings. The van der Waals surface area contributed by atoms with E-state index < -0.39 is 6.10 Å². The highest BCUT2D eigenvalue weighted by atomic mass is 16.6. The largest absolute Gasteiger partial charge is 0.462 e. The third-order valence-corrected chi connectivity index (χ3v) is 11.1. The number of carbonyl (C=O) groups is 3. The predicted molar refractivity (Wildman–Crippen MR) is 274 cm³/mol. The minimum absolute atomic E-state index is 0.101. The van der Waals surface area contributed by atoms with Crippen LogP contribution in [0.15, 0.2) is 85.1 Å². The molecule has 0 fully saturated rings. The van der Waals surface area contributed by atoms with E-state index >= 15 is 0 Å². The van der Waals surface area contributed by atoms with Crippen LogP contribution in [0.25, 0.3) is 0 Å². The van der Waals surface area contributed by atoms with Crippen molar-refractivity contribution in [2.24, 2.45) is 0 Å². The summed E-state index contributed by atoms with van der Waals surface area (Å²) in [7, 11) is 0. The van der Waals surface area contributed by atoms with Gasteiger partial charge < -0.3 is 14.2 Å². The van der Waals surface area contributed by atoms with Crippen LogP contribution in [0, 0.1) is 0 Å². The highest BCUT2D eigenvalue weighted by Crippen LogP contribution is 2.14. The summed E-state index contributed by atoms with van der Waals surface area (Å²) >= 11 is 0. The second-order valence-electron chi connectivity index (χ2n) is 17.4. The van der Waals surface area contributed by atoms with Gasteiger partial charge in [-0.15, -0.1) is 0 Å². The van der Waals surface area contributed by atoms with Crippen molar-refractivity contribution in [2.75, 3.05) is 13.2 Å². The van der Waals surface area contributed by atoms with Crippen molar-refractivity contribution in [1.82, 2.24) is 0 Å². The summed E-state index contributed by atoms with van der Waals surface area (Å²) in [6.07, 6.45) is 67.2. The first-order valence-electron chi connectivity index (χ1n) is 26.6. The quantitative estimate of drug-likeness (QED) is 0.0262. The Kier molecular flexibility index (Phi) is 49.4. The molecule has 1 unspecified atom stereocenters. The van der Waals surface area contributed by atoms with Gasteiger partial charge in [-0.1, -0.05) is 228 Å². The summed E-state index contributed by atoms with van der Waals surface area (Å²) in [6, 6.07) is 0. The van der Waals surface area contributed by atoms with Gasteiger partial charge in [-0.05, 0) is 83.5 Å². The number of carbonyl (C=O) groups excluding carboxylic acids is 3. The summed E-state index contributed by atoms with van der Waals surface area (Å²) in [6.45, 7) is 6.44. The summed E-state index contributed by atoms with van der Waals surface area (Å²) in [4.78, 5) is 38.0. The number of esters is 3. The fourth-order valence-corrected chi connectivity index (χ4v) is 7.17. The number of allylic oxidation sites excluding steroid dienone is 14. The fourth-order valence-electron chi connectivity index (χ4n) is 7.17. The van der Waals surface area contributed by atoms with Gasteiger partial charge in [-0.3, -0.25) is 14.4 Å². The Morgan fingerprint density at radius 1 is 0.328 bits per heavy atom. The lowest BCUT2D eigenvalue weighted by atomic mass is 10.0. The number of hydrogen-bond acceptors (Lipinski definition) is 6. The van der Waals surface area contributed by atoms with Crippen molar-refractivity contribution in [3.63, 3.8) is 0 Å². The van der Waals surface area contributed by atoms with Crippen molar-refractivity contribution in [3.05, 3.63) is 85.1 Å². The highest BCUT2D eigenvalue weighted by Gasteiger charge is 2.19. The van der Waals surface area contributed by atoms with Crippen LogP contribution in [-0.2, 0) is 28.6 Å². The summed E-state index contributed by atoms with van der Waals surface area (Å²) in [5, 5.41) is 0.